The van der Waals surface area contributed by atoms with Crippen LogP contribution in [0, 0.1) is 0 Å². The molecule has 0 heterocycles. The molecule has 1 aromatic carbocycles. The zero-order valence-electron chi connectivity index (χ0n) is 11.4. The maximum atomic E-state index is 12.4. The van der Waals surface area contributed by atoms with E-state index in [0.717, 1.165) is 12.2 Å². The normalized spacial score (nSPS) is 18.4. The van der Waals surface area contributed by atoms with E-state index >= 15 is 0 Å². The average molecular weight is 380 g/mol. The molecule has 2 rings (SSSR count). The molecule has 11 heteroatoms. The lowest BCUT2D eigenvalue weighted by molar-refractivity contribution is 0.437. The van der Waals surface area contributed by atoms with Crippen LogP contribution in [0.4, 0.5) is 0 Å². The van der Waals surface area contributed by atoms with Gasteiger partial charge in [0.05, 0.1) is 9.80 Å². The smallest absolute Gasteiger partial charge is 0.284 e. The zero-order chi connectivity index (χ0) is 17.5. The van der Waals surface area contributed by atoms with Crippen molar-refractivity contribution >= 4 is 30.1 Å². The van der Waals surface area contributed by atoms with Crippen LogP contribution in [0.5, 0.6) is 0 Å². The largest absolute Gasteiger partial charge is 0.291 e. The topological polar surface area (TPSA) is 143 Å². The van der Waals surface area contributed by atoms with Crippen molar-refractivity contribution in [1.82, 2.24) is 0 Å². The van der Waals surface area contributed by atoms with E-state index < -0.39 is 40.6 Å². The minimum atomic E-state index is -5.24. The van der Waals surface area contributed by atoms with Gasteiger partial charge in [-0.2, -0.15) is 16.8 Å². The molecule has 2 N–H and O–H groups in total. The van der Waals surface area contributed by atoms with Crippen molar-refractivity contribution in [1.29, 1.82) is 0 Å². The van der Waals surface area contributed by atoms with Crippen molar-refractivity contribution in [2.24, 2.45) is 0 Å². The standard InChI is InChI=1S/C12H12O8S3/c13-21(14,10-4-2-1-3-5-10)11-6-8-12(9-7-11,22(15,16)17)23(18,19)20/h1-8H,9H2,(H,15,16,17)(H,18,19,20). The second-order valence-electron chi connectivity index (χ2n) is 4.72. The molecule has 8 nitrogen and oxygen atoms in total. The highest BCUT2D eigenvalue weighted by molar-refractivity contribution is 8.05. The Kier molecular flexibility index (Phi) is 4.28. The van der Waals surface area contributed by atoms with Crippen molar-refractivity contribution in [3.05, 3.63) is 53.5 Å². The summed E-state index contributed by atoms with van der Waals surface area (Å²) in [4.78, 5) is -0.409. The van der Waals surface area contributed by atoms with Gasteiger partial charge in [-0.3, -0.25) is 9.11 Å². The zero-order valence-corrected chi connectivity index (χ0v) is 13.8. The minimum Gasteiger partial charge on any atom is -0.284 e. The van der Waals surface area contributed by atoms with Gasteiger partial charge in [-0.05, 0) is 24.3 Å². The van der Waals surface area contributed by atoms with E-state index in [4.69, 9.17) is 9.11 Å². The summed E-state index contributed by atoms with van der Waals surface area (Å²) in [5, 5.41) is 0. The van der Waals surface area contributed by atoms with Gasteiger partial charge in [-0.15, -0.1) is 0 Å². The predicted octanol–water partition coefficient (Wildman–Crippen LogP) is 0.776. The van der Waals surface area contributed by atoms with Gasteiger partial charge in [-0.1, -0.05) is 24.3 Å². The molecule has 0 fully saturated rings. The summed E-state index contributed by atoms with van der Waals surface area (Å²) in [7, 11) is -14.5. The minimum absolute atomic E-state index is 0.0675. The molecule has 0 saturated heterocycles. The van der Waals surface area contributed by atoms with Crippen LogP contribution in [0.3, 0.4) is 0 Å². The summed E-state index contributed by atoms with van der Waals surface area (Å²) < 4.78 is 85.4. The van der Waals surface area contributed by atoms with Gasteiger partial charge in [0.15, 0.2) is 0 Å². The first-order chi connectivity index (χ1) is 10.4. The Bertz CT molecular complexity index is 952. The number of benzene rings is 1. The van der Waals surface area contributed by atoms with Crippen LogP contribution in [-0.4, -0.2) is 38.4 Å². The van der Waals surface area contributed by atoms with Crippen LogP contribution in [-0.2, 0) is 30.1 Å². The molecule has 1 aliphatic rings. The summed E-state index contributed by atoms with van der Waals surface area (Å²) in [6, 6.07) is 7.21. The van der Waals surface area contributed by atoms with Gasteiger partial charge in [0.1, 0.15) is 0 Å². The Balaban J connectivity index is 2.53. The Morgan fingerprint density at radius 3 is 1.78 bits per heavy atom. The number of hydrogen-bond donors (Lipinski definition) is 2. The summed E-state index contributed by atoms with van der Waals surface area (Å²) >= 11 is 0. The molecule has 0 saturated carbocycles. The van der Waals surface area contributed by atoms with Crippen LogP contribution in [0.1, 0.15) is 6.42 Å². The van der Waals surface area contributed by atoms with E-state index in [1.54, 1.807) is 6.07 Å². The first kappa shape index (κ1) is 17.8. The molecule has 0 spiro atoms. The van der Waals surface area contributed by atoms with Crippen LogP contribution in [0.2, 0.25) is 0 Å². The maximum absolute atomic E-state index is 12.4. The molecule has 0 amide bonds. The Hall–Kier alpha value is -1.53. The van der Waals surface area contributed by atoms with Crippen LogP contribution in [0.15, 0.2) is 58.4 Å². The van der Waals surface area contributed by atoms with Gasteiger partial charge in [0.2, 0.25) is 13.9 Å². The quantitative estimate of drug-likeness (QED) is 0.729. The average Bonchev–Trinajstić information content (AvgIpc) is 2.46. The predicted molar refractivity (Wildman–Crippen MR) is 81.3 cm³/mol. The second-order valence-corrected chi connectivity index (χ2v) is 10.3. The molecule has 0 radical (unpaired) electrons. The second kappa shape index (κ2) is 5.53. The molecule has 126 valence electrons. The third kappa shape index (κ3) is 2.97. The number of sulfone groups is 1. The Morgan fingerprint density at radius 1 is 0.870 bits per heavy atom. The number of allylic oxidation sites excluding steroid dienone is 2. The van der Waals surface area contributed by atoms with Gasteiger partial charge in [0.25, 0.3) is 20.2 Å². The van der Waals surface area contributed by atoms with E-state index in [0.29, 0.717) is 6.08 Å². The Labute approximate surface area is 133 Å². The van der Waals surface area contributed by atoms with Crippen molar-refractivity contribution in [2.75, 3.05) is 0 Å². The van der Waals surface area contributed by atoms with Gasteiger partial charge in [0, 0.05) is 6.42 Å². The van der Waals surface area contributed by atoms with E-state index in [1.807, 2.05) is 0 Å². The number of rotatable bonds is 4. The molecule has 1 aromatic rings. The summed E-state index contributed by atoms with van der Waals surface area (Å²) in [6.45, 7) is 0. The highest BCUT2D eigenvalue weighted by Crippen LogP contribution is 2.35. The van der Waals surface area contributed by atoms with Gasteiger partial charge >= 0.3 is 0 Å². The molecular weight excluding hydrogens is 368 g/mol. The van der Waals surface area contributed by atoms with E-state index in [-0.39, 0.29) is 9.80 Å². The van der Waals surface area contributed by atoms with E-state index in [9.17, 15) is 25.3 Å². The molecule has 0 atom stereocenters. The van der Waals surface area contributed by atoms with Gasteiger partial charge < -0.3 is 0 Å². The lowest BCUT2D eigenvalue weighted by Gasteiger charge is -2.25. The first-order valence-electron chi connectivity index (χ1n) is 6.05. The monoisotopic (exact) mass is 380 g/mol. The lowest BCUT2D eigenvalue weighted by Crippen LogP contribution is -2.44. The molecule has 0 aliphatic heterocycles. The van der Waals surface area contributed by atoms with Crippen molar-refractivity contribution < 1.29 is 34.4 Å². The molecule has 0 aromatic heterocycles. The van der Waals surface area contributed by atoms with Crippen molar-refractivity contribution in [3.63, 3.8) is 0 Å². The molecule has 0 unspecified atom stereocenters. The molecular formula is C12H12O8S3. The molecule has 1 aliphatic carbocycles. The van der Waals surface area contributed by atoms with Crippen LogP contribution in [0.25, 0.3) is 0 Å². The van der Waals surface area contributed by atoms with Crippen LogP contribution < -0.4 is 0 Å². The fourth-order valence-corrected chi connectivity index (χ4v) is 5.51. The summed E-state index contributed by atoms with van der Waals surface area (Å²) in [6.07, 6.45) is 1.06. The lowest BCUT2D eigenvalue weighted by atomic mass is 10.2. The third-order valence-corrected chi connectivity index (χ3v) is 8.76. The first-order valence-corrected chi connectivity index (χ1v) is 10.4. The highest BCUT2D eigenvalue weighted by atomic mass is 32.3. The van der Waals surface area contributed by atoms with E-state index in [1.165, 1.54) is 24.3 Å². The molecule has 0 bridgehead atoms. The fraction of sp³-hybridized carbons (Fsp3) is 0.167. The van der Waals surface area contributed by atoms with Crippen LogP contribution >= 0.6 is 0 Å². The summed E-state index contributed by atoms with van der Waals surface area (Å²) in [5.74, 6) is 0. The highest BCUT2D eigenvalue weighted by Gasteiger charge is 2.53. The third-order valence-electron chi connectivity index (χ3n) is 3.33. The Morgan fingerprint density at radius 2 is 1.39 bits per heavy atom. The van der Waals surface area contributed by atoms with E-state index in [2.05, 4.69) is 0 Å². The number of hydrogen-bond acceptors (Lipinski definition) is 6. The van der Waals surface area contributed by atoms with Crippen molar-refractivity contribution in [3.8, 4) is 0 Å². The fourth-order valence-electron chi connectivity index (χ4n) is 2.04. The molecule has 23 heavy (non-hydrogen) atoms. The van der Waals surface area contributed by atoms with Crippen molar-refractivity contribution in [2.45, 2.75) is 15.4 Å². The van der Waals surface area contributed by atoms with Gasteiger partial charge in [-0.25, -0.2) is 8.42 Å². The maximum Gasteiger partial charge on any atom is 0.291 e. The summed E-state index contributed by atoms with van der Waals surface area (Å²) in [5.41, 5.74) is 0. The SMILES string of the molecule is O=S(=O)(C1=CCC(S(=O)(=O)O)(S(=O)(=O)O)C=C1)c1ccccc1.